The Balaban J connectivity index is 5.40. The first-order valence-corrected chi connectivity index (χ1v) is 7.67. The number of halogens is 5. The van der Waals surface area contributed by atoms with E-state index >= 15 is 0 Å². The predicted molar refractivity (Wildman–Crippen MR) is 61.5 cm³/mol. The average Bonchev–Trinajstić information content (AvgIpc) is 2.21. The first-order valence-electron chi connectivity index (χ1n) is 5.74. The second kappa shape index (κ2) is 7.02. The fourth-order valence-electron chi connectivity index (χ4n) is 1.32. The van der Waals surface area contributed by atoms with Crippen LogP contribution in [0.1, 0.15) is 27.2 Å². The zero-order chi connectivity index (χ0) is 17.8. The summed E-state index contributed by atoms with van der Waals surface area (Å²) in [6.07, 6.45) is -7.73. The van der Waals surface area contributed by atoms with Crippen LogP contribution in [0.4, 0.5) is 22.0 Å². The molecule has 0 bridgehead atoms. The van der Waals surface area contributed by atoms with Crippen LogP contribution in [0.5, 0.6) is 0 Å². The van der Waals surface area contributed by atoms with Crippen LogP contribution in [-0.4, -0.2) is 38.8 Å². The van der Waals surface area contributed by atoms with Gasteiger partial charge in [-0.05, 0) is 0 Å². The minimum atomic E-state index is -5.85. The molecule has 0 aromatic carbocycles. The molecule has 0 saturated carbocycles. The molecule has 22 heavy (non-hydrogen) atoms. The van der Waals surface area contributed by atoms with Gasteiger partial charge in [-0.2, -0.15) is 22.0 Å². The molecule has 0 aromatic rings. The van der Waals surface area contributed by atoms with E-state index in [1.807, 2.05) is 0 Å². The fourth-order valence-corrected chi connectivity index (χ4v) is 3.69. The molecule has 0 saturated heterocycles. The Kier molecular flexibility index (Phi) is 6.47. The zero-order valence-electron chi connectivity index (χ0n) is 11.8. The second-order valence-corrected chi connectivity index (χ2v) is 6.64. The van der Waals surface area contributed by atoms with Gasteiger partial charge in [-0.15, -0.1) is 0 Å². The number of rotatable bonds is 6. The third kappa shape index (κ3) is 6.36. The van der Waals surface area contributed by atoms with Crippen LogP contribution in [0.2, 0.25) is 6.04 Å². The molecule has 0 amide bonds. The van der Waals surface area contributed by atoms with Crippen molar-refractivity contribution in [2.45, 2.75) is 45.3 Å². The van der Waals surface area contributed by atoms with Crippen molar-refractivity contribution in [3.05, 3.63) is 0 Å². The normalized spacial score (nSPS) is 12.5. The molecule has 6 nitrogen and oxygen atoms in total. The Morgan fingerprint density at radius 2 is 1.14 bits per heavy atom. The van der Waals surface area contributed by atoms with E-state index in [0.29, 0.717) is 0 Å². The van der Waals surface area contributed by atoms with Gasteiger partial charge in [0.15, 0.2) is 0 Å². The van der Waals surface area contributed by atoms with Gasteiger partial charge in [-0.25, -0.2) is 0 Å². The Morgan fingerprint density at radius 3 is 1.36 bits per heavy atom. The number of hydrogen-bond donors (Lipinski definition) is 0. The van der Waals surface area contributed by atoms with Gasteiger partial charge in [0.2, 0.25) is 0 Å². The lowest BCUT2D eigenvalue weighted by atomic mass is 10.2. The zero-order valence-corrected chi connectivity index (χ0v) is 12.8. The maximum atomic E-state index is 12.9. The van der Waals surface area contributed by atoms with Crippen LogP contribution in [-0.2, 0) is 27.7 Å². The maximum Gasteiger partial charge on any atom is 0.705 e. The van der Waals surface area contributed by atoms with E-state index in [-0.39, 0.29) is 0 Å². The van der Waals surface area contributed by atoms with Crippen LogP contribution >= 0.6 is 0 Å². The van der Waals surface area contributed by atoms with Crippen molar-refractivity contribution in [2.75, 3.05) is 0 Å². The molecule has 0 N–H and O–H groups in total. The highest BCUT2D eigenvalue weighted by molar-refractivity contribution is 6.65. The number of carbonyl (C=O) groups is 3. The molecule has 0 radical (unpaired) electrons. The van der Waals surface area contributed by atoms with Crippen LogP contribution < -0.4 is 0 Å². The summed E-state index contributed by atoms with van der Waals surface area (Å²) in [4.78, 5) is 32.9. The van der Waals surface area contributed by atoms with Gasteiger partial charge in [0, 0.05) is 27.2 Å². The largest absolute Gasteiger partial charge is 0.705 e. The molecular formula is C10H13F5O6Si. The van der Waals surface area contributed by atoms with E-state index in [1.54, 1.807) is 0 Å². The first kappa shape index (κ1) is 20.3. The van der Waals surface area contributed by atoms with Crippen molar-refractivity contribution in [1.29, 1.82) is 0 Å². The van der Waals surface area contributed by atoms with Crippen LogP contribution in [0.25, 0.3) is 0 Å². The minimum absolute atomic E-state index is 0.788. The lowest BCUT2D eigenvalue weighted by molar-refractivity contribution is -0.283. The third-order valence-corrected chi connectivity index (χ3v) is 4.72. The summed E-state index contributed by atoms with van der Waals surface area (Å²) >= 11 is 0. The SMILES string of the molecule is CC(=O)O[Si](CCC(F)(F)C(F)(F)F)(OC(C)=O)OC(C)=O. The monoisotopic (exact) mass is 352 g/mol. The Bertz CT molecular complexity index is 409. The molecule has 0 fully saturated rings. The maximum absolute atomic E-state index is 12.9. The quantitative estimate of drug-likeness (QED) is 0.539. The molecule has 0 rings (SSSR count). The molecule has 128 valence electrons. The van der Waals surface area contributed by atoms with E-state index in [2.05, 4.69) is 13.3 Å². The van der Waals surface area contributed by atoms with Gasteiger partial charge in [0.05, 0.1) is 6.04 Å². The molecule has 0 aliphatic rings. The first-order chi connectivity index (χ1) is 9.71. The van der Waals surface area contributed by atoms with Crippen molar-refractivity contribution in [2.24, 2.45) is 0 Å². The fraction of sp³-hybridized carbons (Fsp3) is 0.700. The molecule has 12 heteroatoms. The molecule has 0 aliphatic carbocycles. The molecule has 0 heterocycles. The van der Waals surface area contributed by atoms with Crippen LogP contribution in [0.3, 0.4) is 0 Å². The van der Waals surface area contributed by atoms with E-state index in [4.69, 9.17) is 0 Å². The lowest BCUT2D eigenvalue weighted by Gasteiger charge is -2.28. The molecule has 0 aromatic heterocycles. The van der Waals surface area contributed by atoms with Gasteiger partial charge in [-0.3, -0.25) is 14.4 Å². The molecular weight excluding hydrogens is 339 g/mol. The van der Waals surface area contributed by atoms with Gasteiger partial charge in [0.25, 0.3) is 17.9 Å². The highest BCUT2D eigenvalue weighted by atomic mass is 28.4. The number of alkyl halides is 5. The topological polar surface area (TPSA) is 78.9 Å². The number of hydrogen-bond acceptors (Lipinski definition) is 6. The van der Waals surface area contributed by atoms with E-state index in [9.17, 15) is 36.3 Å². The Hall–Kier alpha value is -1.72. The number of carbonyl (C=O) groups excluding carboxylic acids is 3. The van der Waals surface area contributed by atoms with Crippen molar-refractivity contribution in [3.63, 3.8) is 0 Å². The second-order valence-electron chi connectivity index (χ2n) is 4.17. The van der Waals surface area contributed by atoms with Crippen LogP contribution in [0.15, 0.2) is 0 Å². The van der Waals surface area contributed by atoms with Crippen molar-refractivity contribution < 1.29 is 49.6 Å². The van der Waals surface area contributed by atoms with E-state index in [0.717, 1.165) is 20.8 Å². The summed E-state index contributed by atoms with van der Waals surface area (Å²) in [5.41, 5.74) is 0. The Morgan fingerprint density at radius 1 is 0.818 bits per heavy atom. The molecule has 0 unspecified atom stereocenters. The lowest BCUT2D eigenvalue weighted by Crippen LogP contribution is -2.51. The summed E-state index contributed by atoms with van der Waals surface area (Å²) in [5, 5.41) is 0. The average molecular weight is 352 g/mol. The highest BCUT2D eigenvalue weighted by Crippen LogP contribution is 2.40. The van der Waals surface area contributed by atoms with Crippen molar-refractivity contribution in [1.82, 2.24) is 0 Å². The van der Waals surface area contributed by atoms with Crippen molar-refractivity contribution in [3.8, 4) is 0 Å². The smallest absolute Gasteiger partial charge is 0.455 e. The van der Waals surface area contributed by atoms with Gasteiger partial charge >= 0.3 is 20.9 Å². The molecule has 0 aliphatic heterocycles. The van der Waals surface area contributed by atoms with Gasteiger partial charge in [-0.1, -0.05) is 0 Å². The van der Waals surface area contributed by atoms with Gasteiger partial charge in [0.1, 0.15) is 0 Å². The van der Waals surface area contributed by atoms with E-state index < -0.39 is 51.3 Å². The third-order valence-electron chi connectivity index (χ3n) is 2.06. The van der Waals surface area contributed by atoms with Crippen molar-refractivity contribution >= 4 is 26.7 Å². The summed E-state index contributed by atoms with van der Waals surface area (Å²) in [6, 6.07) is -1.27. The minimum Gasteiger partial charge on any atom is -0.455 e. The predicted octanol–water partition coefficient (Wildman–Crippen LogP) is 2.20. The summed E-state index contributed by atoms with van der Waals surface area (Å²) in [6.45, 7) is 2.37. The molecule has 0 atom stereocenters. The summed E-state index contributed by atoms with van der Waals surface area (Å²) < 4.78 is 75.8. The Labute approximate surface area is 122 Å². The summed E-state index contributed by atoms with van der Waals surface area (Å²) in [7, 11) is -4.70. The van der Waals surface area contributed by atoms with Crippen LogP contribution in [0, 0.1) is 0 Å². The van der Waals surface area contributed by atoms with E-state index in [1.165, 1.54) is 0 Å². The highest BCUT2D eigenvalue weighted by Gasteiger charge is 2.61. The van der Waals surface area contributed by atoms with Gasteiger partial charge < -0.3 is 13.3 Å². The standard InChI is InChI=1S/C10H13F5O6Si/c1-6(16)19-22(20-7(2)17,21-8(3)18)5-4-9(11,12)10(13,14)15/h4-5H2,1-3H3. The summed E-state index contributed by atoms with van der Waals surface area (Å²) in [5.74, 6) is -8.62. The molecule has 0 spiro atoms.